The molecule has 0 bridgehead atoms. The average molecular weight is 413 g/mol. The van der Waals surface area contributed by atoms with E-state index in [-0.39, 0.29) is 72.0 Å². The van der Waals surface area contributed by atoms with Crippen LogP contribution >= 0.6 is 0 Å². The molecule has 0 heterocycles. The van der Waals surface area contributed by atoms with Crippen molar-refractivity contribution in [1.82, 2.24) is 0 Å². The van der Waals surface area contributed by atoms with Crippen molar-refractivity contribution in [2.24, 2.45) is 11.5 Å². The highest BCUT2D eigenvalue weighted by Gasteiger charge is 1.82. The van der Waals surface area contributed by atoms with Gasteiger partial charge in [0.1, 0.15) is 13.1 Å². The van der Waals surface area contributed by atoms with Gasteiger partial charge in [0, 0.05) is 6.61 Å². The molecular weight excluding hydrogens is 340 g/mol. The number of nitrogens with one attached hydrogen (secondary N) is 1. The van der Waals surface area contributed by atoms with E-state index in [0.717, 1.165) is 19.6 Å². The van der Waals surface area contributed by atoms with Crippen molar-refractivity contribution in [3.8, 4) is 0 Å². The summed E-state index contributed by atoms with van der Waals surface area (Å²) < 4.78 is 0. The van der Waals surface area contributed by atoms with Crippen LogP contribution in [0.4, 0.5) is 0 Å². The molecule has 7 heteroatoms. The van der Waals surface area contributed by atoms with E-state index in [2.05, 4.69) is 28.7 Å². The van der Waals surface area contributed by atoms with Gasteiger partial charge in [0.05, 0.1) is 19.6 Å². The summed E-state index contributed by atoms with van der Waals surface area (Å²) in [6.07, 6.45) is 1.28. The topological polar surface area (TPSA) is 158 Å². The number of guanidine groups is 1. The summed E-state index contributed by atoms with van der Waals surface area (Å²) in [6.45, 7) is 13.4. The van der Waals surface area contributed by atoms with Gasteiger partial charge in [-0.1, -0.05) is 66.3 Å². The molecule has 0 aromatic carbocycles. The molecule has 0 aliphatic heterocycles. The van der Waals surface area contributed by atoms with Gasteiger partial charge in [0.25, 0.3) is 0 Å². The molecule has 184 valence electrons. The van der Waals surface area contributed by atoms with Crippen LogP contribution in [0.1, 0.15) is 93.5 Å². The van der Waals surface area contributed by atoms with Crippen molar-refractivity contribution in [1.29, 1.82) is 0 Å². The van der Waals surface area contributed by atoms with Crippen LogP contribution in [-0.2, 0) is 0 Å². The van der Waals surface area contributed by atoms with Crippen molar-refractivity contribution >= 4 is 5.96 Å². The highest BCUT2D eigenvalue weighted by Crippen LogP contribution is 1.57. The highest BCUT2D eigenvalue weighted by atomic mass is 16.2. The Balaban J connectivity index is -0.0000000106. The van der Waals surface area contributed by atoms with E-state index in [0.29, 0.717) is 0 Å². The monoisotopic (exact) mass is 413 g/mol. The van der Waals surface area contributed by atoms with Crippen LogP contribution in [0.3, 0.4) is 0 Å². The van der Waals surface area contributed by atoms with Gasteiger partial charge in [0.15, 0.2) is 0 Å². The maximum atomic E-state index is 7.57. The Labute approximate surface area is 177 Å². The van der Waals surface area contributed by atoms with Gasteiger partial charge in [-0.2, -0.15) is 0 Å². The maximum Gasteiger partial charge on any atom is 0.338 e. The van der Waals surface area contributed by atoms with E-state index in [1.807, 2.05) is 13.8 Å². The Morgan fingerprint density at radius 3 is 1.22 bits per heavy atom. The first-order valence-corrected chi connectivity index (χ1v) is 7.14. The summed E-state index contributed by atoms with van der Waals surface area (Å²) in [5.41, 5.74) is 17.2. The Hall–Kier alpha value is -0.890. The number of quaternary nitrogens is 3. The first kappa shape index (κ1) is 82.7. The van der Waals surface area contributed by atoms with Crippen LogP contribution in [0.15, 0.2) is 0 Å². The molecule has 0 radical (unpaired) electrons. The van der Waals surface area contributed by atoms with Gasteiger partial charge in [-0.15, -0.1) is 0 Å². The number of rotatable bonds is 5. The first-order valence-electron chi connectivity index (χ1n) is 7.14. The largest absolute Gasteiger partial charge is 0.397 e. The Bertz CT molecular complexity index is 138. The molecule has 7 nitrogen and oxygen atoms in total. The molecular formula is C20H72N6O+4. The van der Waals surface area contributed by atoms with Crippen LogP contribution < -0.4 is 33.2 Å². The van der Waals surface area contributed by atoms with Crippen molar-refractivity contribution < 1.29 is 26.9 Å². The third-order valence-corrected chi connectivity index (χ3v) is 1.28. The van der Waals surface area contributed by atoms with Crippen LogP contribution in [-0.4, -0.2) is 50.4 Å². The molecule has 0 unspecified atom stereocenters. The standard InChI is InChI=1S/C5H14N2.C3H9N3.C2H7N.C2H6O.8CH4/c1-2-4-7-5-3-6;1-2-6-3(4)5;2*1-2-3;;;;;;;;/h7H,2-6H2,1H3;2H2,1H3,(H4,4,5,6);2-3H2,1H3;3H,2H2,1H3;8*1H4/p+4. The zero-order valence-corrected chi connectivity index (χ0v) is 13.5. The smallest absolute Gasteiger partial charge is 0.338 e. The molecule has 14 N–H and O–H groups in total. The lowest BCUT2D eigenvalue weighted by atomic mass is 10.5. The molecule has 0 atom stereocenters. The van der Waals surface area contributed by atoms with Gasteiger partial charge in [-0.3, -0.25) is 16.5 Å². The quantitative estimate of drug-likeness (QED) is 0.191. The molecule has 27 heavy (non-hydrogen) atoms. The molecule has 0 fully saturated rings. The zero-order chi connectivity index (χ0) is 15.9. The van der Waals surface area contributed by atoms with E-state index in [1.54, 1.807) is 6.92 Å². The Morgan fingerprint density at radius 1 is 0.815 bits per heavy atom. The fourth-order valence-corrected chi connectivity index (χ4v) is 0.697. The van der Waals surface area contributed by atoms with Gasteiger partial charge in [-0.05, 0) is 27.2 Å². The van der Waals surface area contributed by atoms with Crippen molar-refractivity contribution in [2.45, 2.75) is 93.5 Å². The van der Waals surface area contributed by atoms with Crippen LogP contribution in [0.2, 0.25) is 0 Å². The number of hydrogen-bond acceptors (Lipinski definition) is 1. The summed E-state index contributed by atoms with van der Waals surface area (Å²) in [4.78, 5) is 2.68. The SMILES string of the molecule is C.C.C.C.C.C.C.C.CCC[NH2+]CC[NH3+].CCO.CC[NH+]=C(N)N.CC[NH3+]. The second-order valence-corrected chi connectivity index (χ2v) is 3.52. The predicted octanol–water partition coefficient (Wildman–Crippen LogP) is -0.102. The lowest BCUT2D eigenvalue weighted by Crippen LogP contribution is -2.87. The van der Waals surface area contributed by atoms with E-state index >= 15 is 0 Å². The third kappa shape index (κ3) is 359. The number of hydrogen-bond donors (Lipinski definition) is 7. The Kier molecular flexibility index (Phi) is 362. The normalized spacial score (nSPS) is 5.44. The number of aliphatic hydroxyl groups is 1. The second kappa shape index (κ2) is 118. The van der Waals surface area contributed by atoms with Gasteiger partial charge in [0.2, 0.25) is 0 Å². The fourth-order valence-electron chi connectivity index (χ4n) is 0.697. The highest BCUT2D eigenvalue weighted by molar-refractivity contribution is 5.69. The molecule has 0 aliphatic carbocycles. The van der Waals surface area contributed by atoms with E-state index in [1.165, 1.54) is 19.5 Å². The van der Waals surface area contributed by atoms with Crippen LogP contribution in [0, 0.1) is 0 Å². The number of nitrogens with two attached hydrogens (primary N) is 3. The molecule has 0 aliphatic rings. The van der Waals surface area contributed by atoms with E-state index in [9.17, 15) is 0 Å². The van der Waals surface area contributed by atoms with E-state index in [4.69, 9.17) is 16.6 Å². The summed E-state index contributed by atoms with van der Waals surface area (Å²) in [7, 11) is 0. The second-order valence-electron chi connectivity index (χ2n) is 3.52. The average Bonchev–Trinajstić information content (AvgIpc) is 2.32. The van der Waals surface area contributed by atoms with Crippen molar-refractivity contribution in [3.63, 3.8) is 0 Å². The molecule has 0 saturated carbocycles. The molecule has 0 saturated heterocycles. The fraction of sp³-hybridized carbons (Fsp3) is 0.950. The molecule has 0 rings (SSSR count). The summed E-state index contributed by atoms with van der Waals surface area (Å²) in [6, 6.07) is 0. The van der Waals surface area contributed by atoms with E-state index < -0.39 is 0 Å². The van der Waals surface area contributed by atoms with Crippen molar-refractivity contribution in [2.75, 3.05) is 39.3 Å². The summed E-state index contributed by atoms with van der Waals surface area (Å²) in [5.74, 6) is 0.289. The third-order valence-electron chi connectivity index (χ3n) is 1.28. The number of aliphatic hydroxyl groups excluding tert-OH is 1. The van der Waals surface area contributed by atoms with Crippen LogP contribution in [0.25, 0.3) is 0 Å². The lowest BCUT2D eigenvalue weighted by Gasteiger charge is -1.91. The lowest BCUT2D eigenvalue weighted by molar-refractivity contribution is -0.669. The van der Waals surface area contributed by atoms with Crippen LogP contribution in [0.5, 0.6) is 0 Å². The molecule has 0 amide bonds. The maximum absolute atomic E-state index is 7.57. The van der Waals surface area contributed by atoms with Gasteiger partial charge < -0.3 is 21.9 Å². The first-order chi connectivity index (χ1) is 9.01. The summed E-state index contributed by atoms with van der Waals surface area (Å²) >= 11 is 0. The van der Waals surface area contributed by atoms with Crippen molar-refractivity contribution in [3.05, 3.63) is 0 Å². The van der Waals surface area contributed by atoms with Gasteiger partial charge >= 0.3 is 5.96 Å². The zero-order valence-electron chi connectivity index (χ0n) is 13.5. The Morgan fingerprint density at radius 2 is 1.11 bits per heavy atom. The van der Waals surface area contributed by atoms with Gasteiger partial charge in [-0.25, -0.2) is 0 Å². The minimum absolute atomic E-state index is 0. The molecule has 0 aromatic heterocycles. The summed E-state index contributed by atoms with van der Waals surface area (Å²) in [5, 5.41) is 9.87. The molecule has 0 aromatic rings. The predicted molar refractivity (Wildman–Crippen MR) is 135 cm³/mol. The minimum atomic E-state index is 0. The molecule has 0 spiro atoms. The minimum Gasteiger partial charge on any atom is -0.397 e.